The van der Waals surface area contributed by atoms with Crippen molar-refractivity contribution in [2.24, 2.45) is 11.1 Å². The Hall–Kier alpha value is -0.580. The Kier molecular flexibility index (Phi) is 4.30. The van der Waals surface area contributed by atoms with Crippen LogP contribution in [0.4, 0.5) is 0 Å². The van der Waals surface area contributed by atoms with Crippen LogP contribution in [0.1, 0.15) is 18.9 Å². The maximum atomic E-state index is 5.84. The first kappa shape index (κ1) is 13.8. The summed E-state index contributed by atoms with van der Waals surface area (Å²) >= 11 is 3.47. The standard InChI is InChI=1S/C14H21BrN2O/c1-14(9-16)5-6-17(10-14)8-11-3-4-12(15)7-13(11)18-2/h3-4,7H,5-6,8-10,16H2,1-2H3. The number of likely N-dealkylation sites (tertiary alicyclic amines) is 1. The van der Waals surface area contributed by atoms with Gasteiger partial charge >= 0.3 is 0 Å². The van der Waals surface area contributed by atoms with Gasteiger partial charge in [-0.05, 0) is 37.1 Å². The molecule has 4 heteroatoms. The summed E-state index contributed by atoms with van der Waals surface area (Å²) in [7, 11) is 1.72. The van der Waals surface area contributed by atoms with Crippen LogP contribution < -0.4 is 10.5 Å². The van der Waals surface area contributed by atoms with Crippen LogP contribution in [0.5, 0.6) is 5.75 Å². The fraction of sp³-hybridized carbons (Fsp3) is 0.571. The summed E-state index contributed by atoms with van der Waals surface area (Å²) in [6, 6.07) is 6.21. The molecular formula is C14H21BrN2O. The molecule has 100 valence electrons. The zero-order valence-corrected chi connectivity index (χ0v) is 12.7. The number of halogens is 1. The van der Waals surface area contributed by atoms with E-state index in [-0.39, 0.29) is 5.41 Å². The molecule has 0 radical (unpaired) electrons. The van der Waals surface area contributed by atoms with Gasteiger partial charge in [0.15, 0.2) is 0 Å². The SMILES string of the molecule is COc1cc(Br)ccc1CN1CCC(C)(CN)C1. The summed E-state index contributed by atoms with van der Waals surface area (Å²) < 4.78 is 6.49. The fourth-order valence-electron chi connectivity index (χ4n) is 2.52. The van der Waals surface area contributed by atoms with Gasteiger partial charge in [-0.15, -0.1) is 0 Å². The number of benzene rings is 1. The monoisotopic (exact) mass is 312 g/mol. The molecule has 1 aromatic carbocycles. The summed E-state index contributed by atoms with van der Waals surface area (Å²) in [4.78, 5) is 2.46. The van der Waals surface area contributed by atoms with E-state index in [2.05, 4.69) is 39.9 Å². The van der Waals surface area contributed by atoms with Gasteiger partial charge in [0.05, 0.1) is 7.11 Å². The Labute approximate surface area is 117 Å². The minimum absolute atomic E-state index is 0.280. The summed E-state index contributed by atoms with van der Waals surface area (Å²) in [5.41, 5.74) is 7.36. The molecule has 1 aliphatic heterocycles. The maximum Gasteiger partial charge on any atom is 0.124 e. The van der Waals surface area contributed by atoms with E-state index in [4.69, 9.17) is 10.5 Å². The Morgan fingerprint density at radius 2 is 2.28 bits per heavy atom. The molecule has 2 rings (SSSR count). The number of methoxy groups -OCH3 is 1. The van der Waals surface area contributed by atoms with Crippen LogP contribution in [0, 0.1) is 5.41 Å². The maximum absolute atomic E-state index is 5.84. The van der Waals surface area contributed by atoms with Gasteiger partial charge in [0.1, 0.15) is 5.75 Å². The van der Waals surface area contributed by atoms with Gasteiger partial charge in [-0.25, -0.2) is 0 Å². The second-order valence-corrected chi connectivity index (χ2v) is 6.35. The van der Waals surface area contributed by atoms with E-state index in [9.17, 15) is 0 Å². The fourth-order valence-corrected chi connectivity index (χ4v) is 2.86. The Morgan fingerprint density at radius 3 is 2.89 bits per heavy atom. The van der Waals surface area contributed by atoms with E-state index in [1.807, 2.05) is 6.07 Å². The van der Waals surface area contributed by atoms with Crippen LogP contribution >= 0.6 is 15.9 Å². The molecule has 1 aliphatic rings. The average Bonchev–Trinajstić information content (AvgIpc) is 2.74. The highest BCUT2D eigenvalue weighted by Gasteiger charge is 2.32. The topological polar surface area (TPSA) is 38.5 Å². The normalized spacial score (nSPS) is 24.4. The van der Waals surface area contributed by atoms with E-state index in [1.54, 1.807) is 7.11 Å². The molecule has 18 heavy (non-hydrogen) atoms. The van der Waals surface area contributed by atoms with Gasteiger partial charge < -0.3 is 10.5 Å². The zero-order valence-electron chi connectivity index (χ0n) is 11.1. The van der Waals surface area contributed by atoms with Gasteiger partial charge in [0, 0.05) is 23.1 Å². The van der Waals surface area contributed by atoms with Crippen molar-refractivity contribution in [1.82, 2.24) is 4.90 Å². The van der Waals surface area contributed by atoms with E-state index in [1.165, 1.54) is 12.0 Å². The Balaban J connectivity index is 2.07. The van der Waals surface area contributed by atoms with Crippen molar-refractivity contribution in [2.45, 2.75) is 19.9 Å². The Morgan fingerprint density at radius 1 is 1.50 bits per heavy atom. The third-order valence-electron chi connectivity index (χ3n) is 3.77. The number of ether oxygens (including phenoxy) is 1. The van der Waals surface area contributed by atoms with Crippen molar-refractivity contribution in [3.8, 4) is 5.75 Å². The predicted molar refractivity (Wildman–Crippen MR) is 77.7 cm³/mol. The highest BCUT2D eigenvalue weighted by molar-refractivity contribution is 9.10. The van der Waals surface area contributed by atoms with Gasteiger partial charge in [-0.2, -0.15) is 0 Å². The van der Waals surface area contributed by atoms with Crippen molar-refractivity contribution < 1.29 is 4.74 Å². The predicted octanol–water partition coefficient (Wildman–Crippen LogP) is 2.63. The van der Waals surface area contributed by atoms with Crippen molar-refractivity contribution in [3.05, 3.63) is 28.2 Å². The molecule has 1 unspecified atom stereocenters. The summed E-state index contributed by atoms with van der Waals surface area (Å²) in [6.07, 6.45) is 1.18. The molecule has 3 nitrogen and oxygen atoms in total. The molecule has 0 saturated carbocycles. The summed E-state index contributed by atoms with van der Waals surface area (Å²) in [5.74, 6) is 0.950. The zero-order chi connectivity index (χ0) is 13.2. The molecule has 0 aliphatic carbocycles. The molecular weight excluding hydrogens is 292 g/mol. The number of rotatable bonds is 4. The molecule has 0 bridgehead atoms. The second-order valence-electron chi connectivity index (χ2n) is 5.43. The van der Waals surface area contributed by atoms with Gasteiger partial charge in [-0.3, -0.25) is 4.90 Å². The average molecular weight is 313 g/mol. The van der Waals surface area contributed by atoms with Gasteiger partial charge in [0.2, 0.25) is 0 Å². The molecule has 1 atom stereocenters. The first-order valence-corrected chi connectivity index (χ1v) is 7.10. The quantitative estimate of drug-likeness (QED) is 0.929. The largest absolute Gasteiger partial charge is 0.496 e. The van der Waals surface area contributed by atoms with Crippen LogP contribution in [-0.2, 0) is 6.54 Å². The first-order valence-electron chi connectivity index (χ1n) is 6.31. The lowest BCUT2D eigenvalue weighted by Crippen LogP contribution is -2.31. The highest BCUT2D eigenvalue weighted by Crippen LogP contribution is 2.31. The van der Waals surface area contributed by atoms with Crippen molar-refractivity contribution >= 4 is 15.9 Å². The van der Waals surface area contributed by atoms with E-state index < -0.39 is 0 Å². The minimum atomic E-state index is 0.280. The second kappa shape index (κ2) is 5.59. The van der Waals surface area contributed by atoms with E-state index in [0.717, 1.165) is 36.4 Å². The molecule has 1 fully saturated rings. The van der Waals surface area contributed by atoms with Crippen LogP contribution in [0.25, 0.3) is 0 Å². The van der Waals surface area contributed by atoms with Crippen LogP contribution in [0.2, 0.25) is 0 Å². The third kappa shape index (κ3) is 3.05. The minimum Gasteiger partial charge on any atom is -0.496 e. The highest BCUT2D eigenvalue weighted by atomic mass is 79.9. The van der Waals surface area contributed by atoms with Crippen LogP contribution in [0.15, 0.2) is 22.7 Å². The molecule has 0 spiro atoms. The summed E-state index contributed by atoms with van der Waals surface area (Å²) in [6.45, 7) is 6.16. The third-order valence-corrected chi connectivity index (χ3v) is 4.27. The molecule has 0 amide bonds. The lowest BCUT2D eigenvalue weighted by atomic mass is 9.90. The lowest BCUT2D eigenvalue weighted by Gasteiger charge is -2.23. The van der Waals surface area contributed by atoms with E-state index >= 15 is 0 Å². The van der Waals surface area contributed by atoms with Gasteiger partial charge in [-0.1, -0.05) is 28.9 Å². The molecule has 2 N–H and O–H groups in total. The van der Waals surface area contributed by atoms with Crippen LogP contribution in [-0.4, -0.2) is 31.6 Å². The summed E-state index contributed by atoms with van der Waals surface area (Å²) in [5, 5.41) is 0. The Bertz CT molecular complexity index is 424. The van der Waals surface area contributed by atoms with Crippen molar-refractivity contribution in [1.29, 1.82) is 0 Å². The number of nitrogens with zero attached hydrogens (tertiary/aromatic N) is 1. The number of hydrogen-bond acceptors (Lipinski definition) is 3. The van der Waals surface area contributed by atoms with Crippen LogP contribution in [0.3, 0.4) is 0 Å². The van der Waals surface area contributed by atoms with E-state index in [0.29, 0.717) is 0 Å². The first-order chi connectivity index (χ1) is 8.56. The molecule has 1 heterocycles. The lowest BCUT2D eigenvalue weighted by molar-refractivity contribution is 0.270. The number of hydrogen-bond donors (Lipinski definition) is 1. The van der Waals surface area contributed by atoms with Crippen molar-refractivity contribution in [3.63, 3.8) is 0 Å². The molecule has 1 saturated heterocycles. The smallest absolute Gasteiger partial charge is 0.124 e. The van der Waals surface area contributed by atoms with Gasteiger partial charge in [0.25, 0.3) is 0 Å². The molecule has 1 aromatic rings. The number of nitrogens with two attached hydrogens (primary N) is 1. The molecule has 0 aromatic heterocycles. The van der Waals surface area contributed by atoms with Crippen molar-refractivity contribution in [2.75, 3.05) is 26.7 Å².